The van der Waals surface area contributed by atoms with Gasteiger partial charge in [0.15, 0.2) is 15.4 Å². The summed E-state index contributed by atoms with van der Waals surface area (Å²) in [7, 11) is -3.34. The van der Waals surface area contributed by atoms with Crippen LogP contribution in [-0.2, 0) is 16.4 Å². The van der Waals surface area contributed by atoms with Crippen molar-refractivity contribution < 1.29 is 18.3 Å². The zero-order valence-electron chi connectivity index (χ0n) is 18.8. The number of hydrogen-bond acceptors (Lipinski definition) is 8. The van der Waals surface area contributed by atoms with E-state index in [4.69, 9.17) is 9.72 Å². The highest BCUT2D eigenvalue weighted by Crippen LogP contribution is 2.41. The van der Waals surface area contributed by atoms with Crippen molar-refractivity contribution in [2.75, 3.05) is 11.6 Å². The van der Waals surface area contributed by atoms with Crippen LogP contribution in [0.1, 0.15) is 25.3 Å². The molecular weight excluding hydrogens is 452 g/mol. The minimum Gasteiger partial charge on any atom is -0.508 e. The predicted molar refractivity (Wildman–Crippen MR) is 130 cm³/mol. The van der Waals surface area contributed by atoms with Gasteiger partial charge in [0, 0.05) is 18.4 Å². The topological polar surface area (TPSA) is 114 Å². The van der Waals surface area contributed by atoms with Crippen LogP contribution in [0.25, 0.3) is 22.3 Å². The highest BCUT2D eigenvalue weighted by molar-refractivity contribution is 7.90. The Morgan fingerprint density at radius 3 is 2.50 bits per heavy atom. The van der Waals surface area contributed by atoms with E-state index in [1.807, 2.05) is 37.3 Å². The summed E-state index contributed by atoms with van der Waals surface area (Å²) in [6, 6.07) is 17.2. The average molecular weight is 477 g/mol. The fraction of sp³-hybridized carbons (Fsp3) is 0.240. The second-order valence-corrected chi connectivity index (χ2v) is 10.8. The number of sulfone groups is 1. The lowest BCUT2D eigenvalue weighted by Crippen LogP contribution is -2.15. The van der Waals surface area contributed by atoms with Crippen molar-refractivity contribution in [3.63, 3.8) is 0 Å². The molecule has 1 aliphatic rings. The molecule has 174 valence electrons. The molecule has 0 atom stereocenters. The van der Waals surface area contributed by atoms with Gasteiger partial charge in [-0.3, -0.25) is 0 Å². The SMILES string of the molecule is CC1(Oc2nc(NCc3ccc(O)cc3)nc3ccc(-c4cccc(S(C)(=O)=O)c4)nc23)CC1. The third-order valence-corrected chi connectivity index (χ3v) is 6.86. The number of nitrogens with one attached hydrogen (secondary N) is 1. The van der Waals surface area contributed by atoms with Crippen molar-refractivity contribution in [3.05, 3.63) is 66.2 Å². The average Bonchev–Trinajstić information content (AvgIpc) is 3.54. The molecule has 0 radical (unpaired) electrons. The van der Waals surface area contributed by atoms with Crippen LogP contribution >= 0.6 is 0 Å². The molecule has 2 N–H and O–H groups in total. The van der Waals surface area contributed by atoms with Crippen molar-refractivity contribution in [2.45, 2.75) is 36.8 Å². The highest BCUT2D eigenvalue weighted by atomic mass is 32.2. The first kappa shape index (κ1) is 22.1. The molecule has 0 saturated heterocycles. The number of hydrogen-bond donors (Lipinski definition) is 2. The number of fused-ring (bicyclic) bond motifs is 1. The van der Waals surface area contributed by atoms with E-state index in [9.17, 15) is 13.5 Å². The number of ether oxygens (including phenoxy) is 1. The summed E-state index contributed by atoms with van der Waals surface area (Å²) in [6.07, 6.45) is 3.05. The largest absolute Gasteiger partial charge is 0.508 e. The normalized spacial score (nSPS) is 14.6. The van der Waals surface area contributed by atoms with Crippen molar-refractivity contribution >= 4 is 26.8 Å². The van der Waals surface area contributed by atoms with Gasteiger partial charge in [0.2, 0.25) is 11.8 Å². The quantitative estimate of drug-likeness (QED) is 0.405. The molecule has 8 nitrogen and oxygen atoms in total. The molecular formula is C25H24N4O4S. The number of benzene rings is 2. The lowest BCUT2D eigenvalue weighted by molar-refractivity contribution is 0.194. The van der Waals surface area contributed by atoms with E-state index in [1.165, 1.54) is 6.26 Å². The fourth-order valence-corrected chi connectivity index (χ4v) is 4.16. The van der Waals surface area contributed by atoms with E-state index in [1.54, 1.807) is 30.3 Å². The van der Waals surface area contributed by atoms with Crippen molar-refractivity contribution in [3.8, 4) is 22.9 Å². The summed E-state index contributed by atoms with van der Waals surface area (Å²) < 4.78 is 30.2. The maximum absolute atomic E-state index is 12.0. The summed E-state index contributed by atoms with van der Waals surface area (Å²) in [5.41, 5.74) is 3.12. The van der Waals surface area contributed by atoms with Gasteiger partial charge in [-0.25, -0.2) is 18.4 Å². The van der Waals surface area contributed by atoms with E-state index in [0.717, 1.165) is 18.4 Å². The monoisotopic (exact) mass is 476 g/mol. The predicted octanol–water partition coefficient (Wildman–Crippen LogP) is 4.34. The minimum atomic E-state index is -3.34. The second kappa shape index (κ2) is 8.25. The van der Waals surface area contributed by atoms with E-state index in [0.29, 0.717) is 40.7 Å². The van der Waals surface area contributed by atoms with E-state index in [2.05, 4.69) is 15.3 Å². The van der Waals surface area contributed by atoms with Gasteiger partial charge in [0.1, 0.15) is 11.4 Å². The summed E-state index contributed by atoms with van der Waals surface area (Å²) >= 11 is 0. The first-order valence-corrected chi connectivity index (χ1v) is 12.8. The molecule has 0 bridgehead atoms. The summed E-state index contributed by atoms with van der Waals surface area (Å²) in [5, 5.41) is 12.7. The van der Waals surface area contributed by atoms with Crippen LogP contribution in [0.2, 0.25) is 0 Å². The van der Waals surface area contributed by atoms with Gasteiger partial charge in [-0.2, -0.15) is 4.98 Å². The molecule has 4 aromatic rings. The highest BCUT2D eigenvalue weighted by Gasteiger charge is 2.41. The smallest absolute Gasteiger partial charge is 0.246 e. The molecule has 34 heavy (non-hydrogen) atoms. The molecule has 0 spiro atoms. The number of rotatable bonds is 7. The van der Waals surface area contributed by atoms with Gasteiger partial charge < -0.3 is 15.2 Å². The maximum Gasteiger partial charge on any atom is 0.246 e. The molecule has 1 saturated carbocycles. The molecule has 2 heterocycles. The number of pyridine rings is 1. The summed E-state index contributed by atoms with van der Waals surface area (Å²) in [6.45, 7) is 2.51. The second-order valence-electron chi connectivity index (χ2n) is 8.79. The first-order chi connectivity index (χ1) is 16.2. The van der Waals surface area contributed by atoms with Crippen molar-refractivity contribution in [1.82, 2.24) is 15.0 Å². The molecule has 2 aromatic carbocycles. The molecule has 0 unspecified atom stereocenters. The lowest BCUT2D eigenvalue weighted by Gasteiger charge is -2.15. The van der Waals surface area contributed by atoms with E-state index in [-0.39, 0.29) is 16.2 Å². The molecule has 1 fully saturated rings. The molecule has 2 aromatic heterocycles. The number of phenolic OH excluding ortho intramolecular Hbond substituents is 1. The van der Waals surface area contributed by atoms with Crippen molar-refractivity contribution in [2.24, 2.45) is 0 Å². The van der Waals surface area contributed by atoms with Gasteiger partial charge in [-0.05, 0) is 61.7 Å². The number of phenols is 1. The fourth-order valence-electron chi connectivity index (χ4n) is 3.49. The van der Waals surface area contributed by atoms with Crippen molar-refractivity contribution in [1.29, 1.82) is 0 Å². The third-order valence-electron chi connectivity index (χ3n) is 5.75. The molecule has 5 rings (SSSR count). The molecule has 0 aliphatic heterocycles. The van der Waals surface area contributed by atoms with E-state index < -0.39 is 9.84 Å². The van der Waals surface area contributed by atoms with Crippen LogP contribution in [-0.4, -0.2) is 40.3 Å². The van der Waals surface area contributed by atoms with Crippen LogP contribution < -0.4 is 10.1 Å². The van der Waals surface area contributed by atoms with Crippen LogP contribution in [0.4, 0.5) is 5.95 Å². The number of anilines is 1. The Morgan fingerprint density at radius 2 is 1.79 bits per heavy atom. The Hall–Kier alpha value is -3.72. The van der Waals surface area contributed by atoms with Crippen LogP contribution in [0, 0.1) is 0 Å². The minimum absolute atomic E-state index is 0.211. The summed E-state index contributed by atoms with van der Waals surface area (Å²) in [4.78, 5) is 14.2. The summed E-state index contributed by atoms with van der Waals surface area (Å²) in [5.74, 6) is 1.01. The first-order valence-electron chi connectivity index (χ1n) is 10.9. The van der Waals surface area contributed by atoms with Crippen LogP contribution in [0.3, 0.4) is 0 Å². The van der Waals surface area contributed by atoms with Gasteiger partial charge in [0.25, 0.3) is 0 Å². The van der Waals surface area contributed by atoms with Crippen LogP contribution in [0.5, 0.6) is 11.6 Å². The maximum atomic E-state index is 12.0. The Balaban J connectivity index is 1.52. The van der Waals surface area contributed by atoms with Gasteiger partial charge in [-0.1, -0.05) is 24.3 Å². The Kier molecular flexibility index (Phi) is 5.36. The Labute approximate surface area is 197 Å². The zero-order valence-corrected chi connectivity index (χ0v) is 19.6. The molecule has 1 aliphatic carbocycles. The van der Waals surface area contributed by atoms with E-state index >= 15 is 0 Å². The molecule has 9 heteroatoms. The standard InChI is InChI=1S/C25H24N4O4S/c1-25(12-13-25)33-23-22-21(28-24(29-23)26-15-16-6-8-18(30)9-7-16)11-10-20(27-22)17-4-3-5-19(14-17)34(2,31)32/h3-11,14,30H,12-13,15H2,1-2H3,(H,26,28,29). The number of aromatic hydroxyl groups is 1. The van der Waals surface area contributed by atoms with Gasteiger partial charge >= 0.3 is 0 Å². The molecule has 0 amide bonds. The van der Waals surface area contributed by atoms with Gasteiger partial charge in [-0.15, -0.1) is 0 Å². The lowest BCUT2D eigenvalue weighted by atomic mass is 10.1. The Bertz CT molecular complexity index is 1480. The number of aromatic nitrogens is 3. The number of nitrogens with zero attached hydrogens (tertiary/aromatic N) is 3. The van der Waals surface area contributed by atoms with Gasteiger partial charge in [0.05, 0.1) is 16.1 Å². The zero-order chi connectivity index (χ0) is 23.9. The Morgan fingerprint density at radius 1 is 1.03 bits per heavy atom. The third kappa shape index (κ3) is 4.79. The van der Waals surface area contributed by atoms with Crippen LogP contribution in [0.15, 0.2) is 65.6 Å².